The number of rotatable bonds is 6. The summed E-state index contributed by atoms with van der Waals surface area (Å²) in [6.45, 7) is 4.90. The fourth-order valence-corrected chi connectivity index (χ4v) is 3.08. The van der Waals surface area contributed by atoms with Gasteiger partial charge in [0.2, 0.25) is 0 Å². The minimum atomic E-state index is -1.41. The van der Waals surface area contributed by atoms with Crippen LogP contribution in [-0.2, 0) is 9.59 Å². The number of aromatic hydroxyl groups is 1. The van der Waals surface area contributed by atoms with Gasteiger partial charge in [-0.2, -0.15) is 0 Å². The van der Waals surface area contributed by atoms with Gasteiger partial charge in [-0.3, -0.25) is 19.7 Å². The minimum absolute atomic E-state index is 0.0221. The lowest BCUT2D eigenvalue weighted by atomic mass is 9.86. The van der Waals surface area contributed by atoms with Crippen LogP contribution >= 0.6 is 34.8 Å². The van der Waals surface area contributed by atoms with Gasteiger partial charge in [0.05, 0.1) is 25.7 Å². The van der Waals surface area contributed by atoms with Crippen LogP contribution in [0.4, 0.5) is 17.1 Å². The molecule has 0 radical (unpaired) electrons. The standard InChI is InChI=1S/C19H18Cl3N3O5/c1-19(2,3)17(27)15(23-9-6-12(21)16(26)13(22)7-9)18(28)24-14-8-10(25(29)30)4-5-11(14)20/h4-8,15,23,26H,1-3H3,(H,24,28). The Morgan fingerprint density at radius 1 is 1.07 bits per heavy atom. The van der Waals surface area contributed by atoms with E-state index in [0.29, 0.717) is 0 Å². The zero-order chi connectivity index (χ0) is 22.8. The molecule has 0 saturated carbocycles. The minimum Gasteiger partial charge on any atom is -0.505 e. The predicted octanol–water partition coefficient (Wildman–Crippen LogP) is 5.30. The number of phenols is 1. The van der Waals surface area contributed by atoms with Crippen LogP contribution in [0.25, 0.3) is 0 Å². The largest absolute Gasteiger partial charge is 0.505 e. The van der Waals surface area contributed by atoms with Crippen LogP contribution in [-0.4, -0.2) is 27.8 Å². The molecule has 1 atom stereocenters. The number of non-ortho nitro benzene ring substituents is 1. The fraction of sp³-hybridized carbons (Fsp3) is 0.263. The number of phenolic OH excluding ortho intramolecular Hbond substituents is 1. The fourth-order valence-electron chi connectivity index (χ4n) is 2.43. The third-order valence-electron chi connectivity index (χ3n) is 4.01. The quantitative estimate of drug-likeness (QED) is 0.226. The summed E-state index contributed by atoms with van der Waals surface area (Å²) in [4.78, 5) is 36.2. The van der Waals surface area contributed by atoms with Crippen molar-refractivity contribution in [3.8, 4) is 5.75 Å². The van der Waals surface area contributed by atoms with Gasteiger partial charge in [0.25, 0.3) is 11.6 Å². The SMILES string of the molecule is CC(C)(C)C(=O)C(Nc1cc(Cl)c(O)c(Cl)c1)C(=O)Nc1cc([N+](=O)[O-])ccc1Cl. The van der Waals surface area contributed by atoms with Crippen LogP contribution in [0.5, 0.6) is 5.75 Å². The molecule has 2 rings (SSSR count). The van der Waals surface area contributed by atoms with Crippen molar-refractivity contribution < 1.29 is 19.6 Å². The molecule has 0 aliphatic carbocycles. The summed E-state index contributed by atoms with van der Waals surface area (Å²) < 4.78 is 0. The highest BCUT2D eigenvalue weighted by molar-refractivity contribution is 6.37. The topological polar surface area (TPSA) is 122 Å². The van der Waals surface area contributed by atoms with Crippen molar-refractivity contribution in [3.05, 3.63) is 55.5 Å². The molecule has 0 heterocycles. The van der Waals surface area contributed by atoms with Gasteiger partial charge < -0.3 is 15.7 Å². The molecule has 0 spiro atoms. The molecule has 0 aromatic heterocycles. The second-order valence-corrected chi connectivity index (χ2v) is 8.61. The zero-order valence-corrected chi connectivity index (χ0v) is 18.4. The molecular weight excluding hydrogens is 457 g/mol. The number of nitrogens with zero attached hydrogens (tertiary/aromatic N) is 1. The number of hydrogen-bond acceptors (Lipinski definition) is 6. The first-order valence-corrected chi connectivity index (χ1v) is 9.68. The van der Waals surface area contributed by atoms with Crippen molar-refractivity contribution in [2.75, 3.05) is 10.6 Å². The lowest BCUT2D eigenvalue weighted by molar-refractivity contribution is -0.384. The van der Waals surface area contributed by atoms with E-state index in [0.717, 1.165) is 6.07 Å². The van der Waals surface area contributed by atoms with Gasteiger partial charge in [-0.1, -0.05) is 55.6 Å². The van der Waals surface area contributed by atoms with Gasteiger partial charge >= 0.3 is 0 Å². The Balaban J connectivity index is 2.40. The Bertz CT molecular complexity index is 998. The Morgan fingerprint density at radius 2 is 1.63 bits per heavy atom. The monoisotopic (exact) mass is 473 g/mol. The van der Waals surface area contributed by atoms with E-state index in [4.69, 9.17) is 34.8 Å². The van der Waals surface area contributed by atoms with E-state index in [1.165, 1.54) is 24.3 Å². The molecule has 1 amide bonds. The van der Waals surface area contributed by atoms with E-state index >= 15 is 0 Å². The molecule has 0 aliphatic heterocycles. The molecule has 30 heavy (non-hydrogen) atoms. The Morgan fingerprint density at radius 3 is 2.13 bits per heavy atom. The van der Waals surface area contributed by atoms with E-state index in [1.54, 1.807) is 20.8 Å². The smallest absolute Gasteiger partial charge is 0.271 e. The average molecular weight is 475 g/mol. The zero-order valence-electron chi connectivity index (χ0n) is 16.1. The number of nitro groups is 1. The number of halogens is 3. The van der Waals surface area contributed by atoms with Crippen LogP contribution in [0.1, 0.15) is 20.8 Å². The van der Waals surface area contributed by atoms with Crippen molar-refractivity contribution >= 4 is 63.6 Å². The van der Waals surface area contributed by atoms with Gasteiger partial charge in [0.15, 0.2) is 17.6 Å². The number of carbonyl (C=O) groups excluding carboxylic acids is 2. The van der Waals surface area contributed by atoms with Crippen molar-refractivity contribution in [1.29, 1.82) is 0 Å². The molecule has 0 aliphatic rings. The first kappa shape index (κ1) is 23.7. The van der Waals surface area contributed by atoms with Gasteiger partial charge in [0.1, 0.15) is 0 Å². The summed E-state index contributed by atoms with van der Waals surface area (Å²) in [7, 11) is 0. The maximum absolute atomic E-state index is 12.9. The number of hydrogen-bond donors (Lipinski definition) is 3. The molecular formula is C19H18Cl3N3O5. The highest BCUT2D eigenvalue weighted by atomic mass is 35.5. The number of nitrogens with one attached hydrogen (secondary N) is 2. The van der Waals surface area contributed by atoms with E-state index in [-0.39, 0.29) is 37.9 Å². The van der Waals surface area contributed by atoms with Crippen LogP contribution in [0.15, 0.2) is 30.3 Å². The van der Waals surface area contributed by atoms with Crippen molar-refractivity contribution in [2.24, 2.45) is 5.41 Å². The number of nitro benzene ring substituents is 1. The second kappa shape index (κ2) is 9.07. The molecule has 2 aromatic carbocycles. The maximum atomic E-state index is 12.9. The average Bonchev–Trinajstić information content (AvgIpc) is 2.64. The summed E-state index contributed by atoms with van der Waals surface area (Å²) in [5.74, 6) is -1.60. The third-order valence-corrected chi connectivity index (χ3v) is 4.92. The number of ketones is 1. The van der Waals surface area contributed by atoms with Gasteiger partial charge in [-0.05, 0) is 18.2 Å². The van der Waals surface area contributed by atoms with E-state index < -0.39 is 28.1 Å². The summed E-state index contributed by atoms with van der Waals surface area (Å²) in [5.41, 5.74) is -0.998. The molecule has 2 aromatic rings. The summed E-state index contributed by atoms with van der Waals surface area (Å²) in [5, 5.41) is 25.8. The molecule has 0 bridgehead atoms. The predicted molar refractivity (Wildman–Crippen MR) is 117 cm³/mol. The molecule has 0 saturated heterocycles. The van der Waals surface area contributed by atoms with Crippen LogP contribution in [0.3, 0.4) is 0 Å². The Labute approximate surface area is 187 Å². The van der Waals surface area contributed by atoms with E-state index in [9.17, 15) is 24.8 Å². The normalized spacial score (nSPS) is 12.2. The summed E-state index contributed by atoms with van der Waals surface area (Å²) >= 11 is 17.8. The van der Waals surface area contributed by atoms with Gasteiger partial charge in [-0.25, -0.2) is 0 Å². The molecule has 11 heteroatoms. The first-order chi connectivity index (χ1) is 13.8. The Kier molecular flexibility index (Phi) is 7.18. The van der Waals surface area contributed by atoms with Gasteiger partial charge in [0, 0.05) is 23.2 Å². The van der Waals surface area contributed by atoms with Crippen LogP contribution in [0, 0.1) is 15.5 Å². The number of carbonyl (C=O) groups is 2. The number of benzene rings is 2. The molecule has 3 N–H and O–H groups in total. The molecule has 8 nitrogen and oxygen atoms in total. The summed E-state index contributed by atoms with van der Waals surface area (Å²) in [6.07, 6.45) is 0. The summed E-state index contributed by atoms with van der Waals surface area (Å²) in [6, 6.07) is 4.75. The molecule has 160 valence electrons. The first-order valence-electron chi connectivity index (χ1n) is 8.55. The highest BCUT2D eigenvalue weighted by Gasteiger charge is 2.35. The van der Waals surface area contributed by atoms with Gasteiger partial charge in [-0.15, -0.1) is 0 Å². The Hall–Kier alpha value is -2.55. The second-order valence-electron chi connectivity index (χ2n) is 7.39. The number of amides is 1. The third kappa shape index (κ3) is 5.53. The number of anilines is 2. The van der Waals surface area contributed by atoms with E-state index in [1.807, 2.05) is 0 Å². The molecule has 0 fully saturated rings. The van der Waals surface area contributed by atoms with Crippen LogP contribution < -0.4 is 10.6 Å². The van der Waals surface area contributed by atoms with Crippen LogP contribution in [0.2, 0.25) is 15.1 Å². The lowest BCUT2D eigenvalue weighted by Crippen LogP contribution is -2.46. The number of Topliss-reactive ketones (excluding diaryl/α,β-unsaturated/α-hetero) is 1. The lowest BCUT2D eigenvalue weighted by Gasteiger charge is -2.26. The highest BCUT2D eigenvalue weighted by Crippen LogP contribution is 2.35. The molecule has 1 unspecified atom stereocenters. The van der Waals surface area contributed by atoms with Crippen molar-refractivity contribution in [1.82, 2.24) is 0 Å². The van der Waals surface area contributed by atoms with Crippen molar-refractivity contribution in [2.45, 2.75) is 26.8 Å². The maximum Gasteiger partial charge on any atom is 0.271 e. The van der Waals surface area contributed by atoms with Crippen molar-refractivity contribution in [3.63, 3.8) is 0 Å². The van der Waals surface area contributed by atoms with E-state index in [2.05, 4.69) is 10.6 Å².